The second-order valence-electron chi connectivity index (χ2n) is 3.88. The van der Waals surface area contributed by atoms with Crippen LogP contribution in [0.25, 0.3) is 11.4 Å². The summed E-state index contributed by atoms with van der Waals surface area (Å²) in [7, 11) is 0. The number of aliphatic hydroxyl groups excluding tert-OH is 1. The molecule has 2 N–H and O–H groups in total. The van der Waals surface area contributed by atoms with E-state index >= 15 is 0 Å². The number of aryl methyl sites for hydroxylation is 1. The second-order valence-corrected chi connectivity index (χ2v) is 4.24. The molecule has 0 radical (unpaired) electrons. The molecule has 0 saturated heterocycles. The maximum Gasteiger partial charge on any atom is 0.150 e. The maximum atomic E-state index is 8.89. The summed E-state index contributed by atoms with van der Waals surface area (Å²) in [6.45, 7) is 2.19. The number of benzene rings is 1. The van der Waals surface area contributed by atoms with Crippen LogP contribution in [0.15, 0.2) is 24.3 Å². The van der Waals surface area contributed by atoms with E-state index in [1.165, 1.54) is 5.56 Å². The normalized spacial score (nSPS) is 10.8. The zero-order valence-electron chi connectivity index (χ0n) is 9.70. The van der Waals surface area contributed by atoms with Gasteiger partial charge in [-0.1, -0.05) is 42.8 Å². The minimum Gasteiger partial charge on any atom is -0.396 e. The average Bonchev–Trinajstić information content (AvgIpc) is 2.72. The molecule has 1 aromatic carbocycles. The van der Waals surface area contributed by atoms with Crippen LogP contribution in [0, 0.1) is 0 Å². The minimum absolute atomic E-state index is 0.0656. The van der Waals surface area contributed by atoms with Crippen LogP contribution in [-0.4, -0.2) is 21.7 Å². The van der Waals surface area contributed by atoms with Gasteiger partial charge in [-0.05, 0) is 12.0 Å². The zero-order valence-corrected chi connectivity index (χ0v) is 10.5. The van der Waals surface area contributed by atoms with Gasteiger partial charge < -0.3 is 10.1 Å². The molecule has 0 spiro atoms. The molecule has 0 aliphatic carbocycles. The third-order valence-electron chi connectivity index (χ3n) is 2.73. The number of nitrogens with one attached hydrogen (secondary N) is 1. The van der Waals surface area contributed by atoms with Crippen LogP contribution in [0.2, 0.25) is 5.15 Å². The van der Waals surface area contributed by atoms with E-state index in [9.17, 15) is 0 Å². The van der Waals surface area contributed by atoms with Crippen molar-refractivity contribution in [3.05, 3.63) is 40.7 Å². The molecule has 2 aromatic rings. The van der Waals surface area contributed by atoms with Crippen LogP contribution in [-0.2, 0) is 12.8 Å². The van der Waals surface area contributed by atoms with Crippen molar-refractivity contribution >= 4 is 11.6 Å². The number of hydrogen-bond donors (Lipinski definition) is 2. The molecule has 90 valence electrons. The third-order valence-corrected chi connectivity index (χ3v) is 3.04. The molecular formula is C13H15ClN2O. The Labute approximate surface area is 105 Å². The largest absolute Gasteiger partial charge is 0.396 e. The van der Waals surface area contributed by atoms with Gasteiger partial charge in [0.15, 0.2) is 5.15 Å². The van der Waals surface area contributed by atoms with Crippen LogP contribution in [0.4, 0.5) is 0 Å². The van der Waals surface area contributed by atoms with Crippen molar-refractivity contribution in [2.24, 2.45) is 0 Å². The van der Waals surface area contributed by atoms with E-state index in [4.69, 9.17) is 16.7 Å². The number of aliphatic hydroxyl groups is 1. The molecule has 0 unspecified atom stereocenters. The number of aromatic amines is 1. The summed E-state index contributed by atoms with van der Waals surface area (Å²) in [4.78, 5) is 7.39. The summed E-state index contributed by atoms with van der Waals surface area (Å²) >= 11 is 5.98. The first-order valence-electron chi connectivity index (χ1n) is 5.69. The first kappa shape index (κ1) is 12.1. The third kappa shape index (κ3) is 2.68. The molecule has 4 heteroatoms. The highest BCUT2D eigenvalue weighted by atomic mass is 35.5. The average molecular weight is 251 g/mol. The van der Waals surface area contributed by atoms with Crippen molar-refractivity contribution in [3.63, 3.8) is 0 Å². The Morgan fingerprint density at radius 2 is 2.00 bits per heavy atom. The quantitative estimate of drug-likeness (QED) is 0.877. The predicted octanol–water partition coefficient (Wildman–Crippen LogP) is 2.83. The maximum absolute atomic E-state index is 8.89. The number of halogens is 1. The number of aromatic nitrogens is 2. The van der Waals surface area contributed by atoms with E-state index in [0.717, 1.165) is 23.5 Å². The molecule has 0 aliphatic rings. The number of rotatable bonds is 4. The number of H-pyrrole nitrogens is 1. The lowest BCUT2D eigenvalue weighted by molar-refractivity contribution is 0.298. The Morgan fingerprint density at radius 3 is 2.59 bits per heavy atom. The van der Waals surface area contributed by atoms with Gasteiger partial charge in [0.05, 0.1) is 5.69 Å². The van der Waals surface area contributed by atoms with Gasteiger partial charge in [0.25, 0.3) is 0 Å². The standard InChI is InChI=1S/C13H15ClN2O/c1-2-9-3-5-10(6-4-9)13-15-11(7-8-17)12(14)16-13/h3-6,17H,2,7-8H2,1H3,(H,15,16). The summed E-state index contributed by atoms with van der Waals surface area (Å²) in [5.74, 6) is 0.751. The van der Waals surface area contributed by atoms with Gasteiger partial charge in [0, 0.05) is 18.6 Å². The molecule has 0 fully saturated rings. The summed E-state index contributed by atoms with van der Waals surface area (Å²) in [5.41, 5.74) is 3.08. The van der Waals surface area contributed by atoms with E-state index in [2.05, 4.69) is 29.0 Å². The monoisotopic (exact) mass is 250 g/mol. The fraction of sp³-hybridized carbons (Fsp3) is 0.308. The Morgan fingerprint density at radius 1 is 1.29 bits per heavy atom. The van der Waals surface area contributed by atoms with Gasteiger partial charge in [-0.25, -0.2) is 4.98 Å². The van der Waals surface area contributed by atoms with E-state index in [1.807, 2.05) is 12.1 Å². The van der Waals surface area contributed by atoms with Crippen LogP contribution in [0.3, 0.4) is 0 Å². The fourth-order valence-electron chi connectivity index (χ4n) is 1.70. The van der Waals surface area contributed by atoms with Crippen LogP contribution in [0.1, 0.15) is 18.2 Å². The molecule has 0 bridgehead atoms. The van der Waals surface area contributed by atoms with Gasteiger partial charge in [-0.2, -0.15) is 0 Å². The van der Waals surface area contributed by atoms with Gasteiger partial charge in [-0.15, -0.1) is 0 Å². The van der Waals surface area contributed by atoms with Gasteiger partial charge >= 0.3 is 0 Å². The second kappa shape index (κ2) is 5.34. The lowest BCUT2D eigenvalue weighted by Crippen LogP contribution is -1.91. The molecule has 1 aromatic heterocycles. The summed E-state index contributed by atoms with van der Waals surface area (Å²) in [6, 6.07) is 8.21. The molecule has 0 saturated carbocycles. The molecule has 3 nitrogen and oxygen atoms in total. The SMILES string of the molecule is CCc1ccc(-c2nc(Cl)c(CCO)[nH]2)cc1. The Bertz CT molecular complexity index is 491. The molecule has 1 heterocycles. The Hall–Kier alpha value is -1.32. The number of nitrogens with zero attached hydrogens (tertiary/aromatic N) is 1. The summed E-state index contributed by atoms with van der Waals surface area (Å²) < 4.78 is 0. The van der Waals surface area contributed by atoms with Crippen LogP contribution in [0.5, 0.6) is 0 Å². The summed E-state index contributed by atoms with van der Waals surface area (Å²) in [5, 5.41) is 9.32. The molecule has 0 aliphatic heterocycles. The lowest BCUT2D eigenvalue weighted by atomic mass is 10.1. The van der Waals surface area contributed by atoms with E-state index < -0.39 is 0 Å². The molecule has 0 amide bonds. The van der Waals surface area contributed by atoms with E-state index in [0.29, 0.717) is 11.6 Å². The van der Waals surface area contributed by atoms with Gasteiger partial charge in [0.1, 0.15) is 5.82 Å². The van der Waals surface area contributed by atoms with Gasteiger partial charge in [0.2, 0.25) is 0 Å². The van der Waals surface area contributed by atoms with Crippen molar-refractivity contribution < 1.29 is 5.11 Å². The van der Waals surface area contributed by atoms with Crippen molar-refractivity contribution in [3.8, 4) is 11.4 Å². The molecular weight excluding hydrogens is 236 g/mol. The molecule has 17 heavy (non-hydrogen) atoms. The highest BCUT2D eigenvalue weighted by Crippen LogP contribution is 2.22. The van der Waals surface area contributed by atoms with Crippen LogP contribution < -0.4 is 0 Å². The minimum atomic E-state index is 0.0656. The number of imidazole rings is 1. The first-order chi connectivity index (χ1) is 8.24. The Balaban J connectivity index is 2.29. The van der Waals surface area contributed by atoms with E-state index in [-0.39, 0.29) is 6.61 Å². The predicted molar refractivity (Wildman–Crippen MR) is 69.2 cm³/mol. The molecule has 2 rings (SSSR count). The van der Waals surface area contributed by atoms with E-state index in [1.54, 1.807) is 0 Å². The topological polar surface area (TPSA) is 48.9 Å². The summed E-state index contributed by atoms with van der Waals surface area (Å²) in [6.07, 6.45) is 1.52. The van der Waals surface area contributed by atoms with Crippen LogP contribution >= 0.6 is 11.6 Å². The highest BCUT2D eigenvalue weighted by Gasteiger charge is 2.09. The van der Waals surface area contributed by atoms with Crippen molar-refractivity contribution in [2.45, 2.75) is 19.8 Å². The van der Waals surface area contributed by atoms with Crippen molar-refractivity contribution in [1.82, 2.24) is 9.97 Å². The Kier molecular flexibility index (Phi) is 3.82. The lowest BCUT2D eigenvalue weighted by Gasteiger charge is -1.99. The first-order valence-corrected chi connectivity index (χ1v) is 6.07. The zero-order chi connectivity index (χ0) is 12.3. The molecule has 0 atom stereocenters. The van der Waals surface area contributed by atoms with Gasteiger partial charge in [-0.3, -0.25) is 0 Å². The smallest absolute Gasteiger partial charge is 0.150 e. The number of hydrogen-bond acceptors (Lipinski definition) is 2. The van der Waals surface area contributed by atoms with Crippen molar-refractivity contribution in [1.29, 1.82) is 0 Å². The van der Waals surface area contributed by atoms with Crippen molar-refractivity contribution in [2.75, 3.05) is 6.61 Å². The highest BCUT2D eigenvalue weighted by molar-refractivity contribution is 6.30. The fourth-order valence-corrected chi connectivity index (χ4v) is 1.93.